The fraction of sp³-hybridized carbons (Fsp3) is 0.158. The van der Waals surface area contributed by atoms with E-state index in [2.05, 4.69) is 15.4 Å². The summed E-state index contributed by atoms with van der Waals surface area (Å²) in [5.74, 6) is -2.68. The molecule has 0 aliphatic heterocycles. The van der Waals surface area contributed by atoms with E-state index >= 15 is 0 Å². The summed E-state index contributed by atoms with van der Waals surface area (Å²) in [5, 5.41) is 6.72. The van der Waals surface area contributed by atoms with Gasteiger partial charge in [-0.3, -0.25) is 14.6 Å². The van der Waals surface area contributed by atoms with Gasteiger partial charge in [0.25, 0.3) is 11.5 Å². The van der Waals surface area contributed by atoms with E-state index in [9.17, 15) is 18.4 Å². The monoisotopic (exact) mass is 370 g/mol. The van der Waals surface area contributed by atoms with E-state index in [1.165, 1.54) is 16.8 Å². The standard InChI is InChI=1S/C19H16F2N4O2/c20-14-5-1-6-15(21)18(14)19(27)23-10-3-11-25-17(26)8-7-16(24-25)13-4-2-9-22-12-13/h1-2,4-9,12H,3,10-11H2,(H,23,27). The molecule has 0 unspecified atom stereocenters. The number of aromatic nitrogens is 3. The second-order valence-corrected chi connectivity index (χ2v) is 5.73. The van der Waals surface area contributed by atoms with Crippen molar-refractivity contribution in [2.75, 3.05) is 6.54 Å². The maximum atomic E-state index is 13.6. The summed E-state index contributed by atoms with van der Waals surface area (Å²) in [6.45, 7) is 0.380. The Balaban J connectivity index is 1.61. The Kier molecular flexibility index (Phi) is 5.65. The van der Waals surface area contributed by atoms with Crippen molar-refractivity contribution in [2.45, 2.75) is 13.0 Å². The maximum absolute atomic E-state index is 13.6. The minimum atomic E-state index is -0.922. The van der Waals surface area contributed by atoms with Gasteiger partial charge in [-0.05, 0) is 36.8 Å². The van der Waals surface area contributed by atoms with Gasteiger partial charge in [0.15, 0.2) is 0 Å². The van der Waals surface area contributed by atoms with Gasteiger partial charge >= 0.3 is 0 Å². The molecule has 0 aliphatic rings. The van der Waals surface area contributed by atoms with Crippen molar-refractivity contribution in [3.63, 3.8) is 0 Å². The van der Waals surface area contributed by atoms with E-state index in [1.807, 2.05) is 6.07 Å². The van der Waals surface area contributed by atoms with Gasteiger partial charge < -0.3 is 5.32 Å². The fourth-order valence-corrected chi connectivity index (χ4v) is 2.51. The molecule has 1 aromatic carbocycles. The number of halogens is 2. The third-order valence-electron chi connectivity index (χ3n) is 3.85. The smallest absolute Gasteiger partial charge is 0.266 e. The lowest BCUT2D eigenvalue weighted by Gasteiger charge is -2.09. The number of benzene rings is 1. The zero-order valence-electron chi connectivity index (χ0n) is 14.2. The molecule has 3 aromatic rings. The van der Waals surface area contributed by atoms with Crippen molar-refractivity contribution in [3.8, 4) is 11.3 Å². The van der Waals surface area contributed by atoms with Crippen LogP contribution in [0.25, 0.3) is 11.3 Å². The van der Waals surface area contributed by atoms with Crippen molar-refractivity contribution >= 4 is 5.91 Å². The molecular weight excluding hydrogens is 354 g/mol. The van der Waals surface area contributed by atoms with Crippen LogP contribution in [-0.2, 0) is 6.54 Å². The molecule has 0 saturated heterocycles. The molecule has 0 radical (unpaired) electrons. The molecule has 1 amide bonds. The van der Waals surface area contributed by atoms with Gasteiger partial charge in [0.2, 0.25) is 0 Å². The molecule has 2 heterocycles. The van der Waals surface area contributed by atoms with Crippen molar-refractivity contribution in [3.05, 3.63) is 82.4 Å². The van der Waals surface area contributed by atoms with Gasteiger partial charge in [-0.2, -0.15) is 5.10 Å². The first kappa shape index (κ1) is 18.4. The second kappa shape index (κ2) is 8.31. The number of nitrogens with one attached hydrogen (secondary N) is 1. The maximum Gasteiger partial charge on any atom is 0.266 e. The third-order valence-corrected chi connectivity index (χ3v) is 3.85. The van der Waals surface area contributed by atoms with Crippen LogP contribution in [-0.4, -0.2) is 27.2 Å². The summed E-state index contributed by atoms with van der Waals surface area (Å²) in [6, 6.07) is 9.84. The van der Waals surface area contributed by atoms with E-state index in [4.69, 9.17) is 0 Å². The van der Waals surface area contributed by atoms with Crippen LogP contribution in [0.2, 0.25) is 0 Å². The Labute approximate surface area is 153 Å². The Morgan fingerprint density at radius 1 is 1.07 bits per heavy atom. The van der Waals surface area contributed by atoms with Crippen LogP contribution in [0.1, 0.15) is 16.8 Å². The first-order valence-corrected chi connectivity index (χ1v) is 8.27. The largest absolute Gasteiger partial charge is 0.352 e. The van der Waals surface area contributed by atoms with E-state index in [0.717, 1.165) is 17.7 Å². The number of carbonyl (C=O) groups excluding carboxylic acids is 1. The molecule has 0 bridgehead atoms. The van der Waals surface area contributed by atoms with Gasteiger partial charge in [-0.15, -0.1) is 0 Å². The van der Waals surface area contributed by atoms with Gasteiger partial charge in [0.05, 0.1) is 5.69 Å². The molecular formula is C19H16F2N4O2. The Hall–Kier alpha value is -3.42. The number of amides is 1. The molecule has 0 atom stereocenters. The first-order chi connectivity index (χ1) is 13.1. The zero-order chi connectivity index (χ0) is 19.2. The summed E-state index contributed by atoms with van der Waals surface area (Å²) in [4.78, 5) is 27.9. The minimum Gasteiger partial charge on any atom is -0.352 e. The van der Waals surface area contributed by atoms with Gasteiger partial charge in [-0.25, -0.2) is 13.5 Å². The Morgan fingerprint density at radius 2 is 1.85 bits per heavy atom. The van der Waals surface area contributed by atoms with E-state index in [1.54, 1.807) is 24.5 Å². The van der Waals surface area contributed by atoms with Crippen LogP contribution in [0, 0.1) is 11.6 Å². The fourth-order valence-electron chi connectivity index (χ4n) is 2.51. The molecule has 138 valence electrons. The van der Waals surface area contributed by atoms with Gasteiger partial charge in [0, 0.05) is 37.1 Å². The van der Waals surface area contributed by atoms with Crippen LogP contribution in [0.3, 0.4) is 0 Å². The molecule has 0 spiro atoms. The van der Waals surface area contributed by atoms with Gasteiger partial charge in [-0.1, -0.05) is 6.07 Å². The molecule has 0 fully saturated rings. The number of rotatable bonds is 6. The average molecular weight is 370 g/mol. The number of hydrogen-bond donors (Lipinski definition) is 1. The van der Waals surface area contributed by atoms with Crippen LogP contribution in [0.4, 0.5) is 8.78 Å². The number of pyridine rings is 1. The van der Waals surface area contributed by atoms with Gasteiger partial charge in [0.1, 0.15) is 17.2 Å². The molecule has 0 saturated carbocycles. The predicted molar refractivity (Wildman–Crippen MR) is 95.0 cm³/mol. The molecule has 1 N–H and O–H groups in total. The van der Waals surface area contributed by atoms with E-state index < -0.39 is 23.1 Å². The Morgan fingerprint density at radius 3 is 2.56 bits per heavy atom. The summed E-state index contributed by atoms with van der Waals surface area (Å²) in [5.41, 5.74) is 0.468. The molecule has 8 heteroatoms. The van der Waals surface area contributed by atoms with Crippen LogP contribution < -0.4 is 10.9 Å². The number of aryl methyl sites for hydroxylation is 1. The highest BCUT2D eigenvalue weighted by atomic mass is 19.1. The molecule has 6 nitrogen and oxygen atoms in total. The van der Waals surface area contributed by atoms with Crippen LogP contribution in [0.15, 0.2) is 59.7 Å². The van der Waals surface area contributed by atoms with Crippen LogP contribution >= 0.6 is 0 Å². The summed E-state index contributed by atoms with van der Waals surface area (Å²) in [6.07, 6.45) is 3.64. The van der Waals surface area contributed by atoms with Crippen molar-refractivity contribution < 1.29 is 13.6 Å². The molecule has 2 aromatic heterocycles. The van der Waals surface area contributed by atoms with Crippen molar-refractivity contribution in [1.82, 2.24) is 20.1 Å². The summed E-state index contributed by atoms with van der Waals surface area (Å²) >= 11 is 0. The second-order valence-electron chi connectivity index (χ2n) is 5.73. The van der Waals surface area contributed by atoms with E-state index in [0.29, 0.717) is 12.1 Å². The third kappa shape index (κ3) is 4.41. The zero-order valence-corrected chi connectivity index (χ0v) is 14.2. The number of hydrogen-bond acceptors (Lipinski definition) is 4. The number of carbonyl (C=O) groups is 1. The lowest BCUT2D eigenvalue weighted by molar-refractivity contribution is 0.0944. The highest BCUT2D eigenvalue weighted by molar-refractivity contribution is 5.94. The van der Waals surface area contributed by atoms with Crippen LogP contribution in [0.5, 0.6) is 0 Å². The first-order valence-electron chi connectivity index (χ1n) is 8.27. The predicted octanol–water partition coefficient (Wildman–Crippen LogP) is 2.40. The summed E-state index contributed by atoms with van der Waals surface area (Å²) in [7, 11) is 0. The minimum absolute atomic E-state index is 0.137. The van der Waals surface area contributed by atoms with Crippen molar-refractivity contribution in [2.24, 2.45) is 0 Å². The lowest BCUT2D eigenvalue weighted by Crippen LogP contribution is -2.29. The summed E-state index contributed by atoms with van der Waals surface area (Å²) < 4.78 is 28.4. The molecule has 0 aliphatic carbocycles. The SMILES string of the molecule is O=C(NCCCn1nc(-c2cccnc2)ccc1=O)c1c(F)cccc1F. The lowest BCUT2D eigenvalue weighted by atomic mass is 10.2. The highest BCUT2D eigenvalue weighted by Crippen LogP contribution is 2.13. The van der Waals surface area contributed by atoms with Crippen molar-refractivity contribution in [1.29, 1.82) is 0 Å². The van der Waals surface area contributed by atoms with E-state index in [-0.39, 0.29) is 18.6 Å². The number of nitrogens with zero attached hydrogens (tertiary/aromatic N) is 3. The average Bonchev–Trinajstić information content (AvgIpc) is 2.67. The molecule has 3 rings (SSSR count). The normalized spacial score (nSPS) is 10.6. The molecule has 27 heavy (non-hydrogen) atoms. The topological polar surface area (TPSA) is 76.9 Å². The Bertz CT molecular complexity index is 986. The quantitative estimate of drug-likeness (QED) is 0.676. The highest BCUT2D eigenvalue weighted by Gasteiger charge is 2.16.